The molecule has 2 aromatic carbocycles. The van der Waals surface area contributed by atoms with Crippen molar-refractivity contribution in [3.8, 4) is 5.75 Å². The first kappa shape index (κ1) is 22.4. The zero-order valence-electron chi connectivity index (χ0n) is 16.7. The van der Waals surface area contributed by atoms with E-state index in [4.69, 9.17) is 27.9 Å². The molecule has 0 atom stereocenters. The molecule has 30 heavy (non-hydrogen) atoms. The Hall–Kier alpha value is -2.28. The first-order chi connectivity index (χ1) is 14.5. The number of benzene rings is 2. The van der Waals surface area contributed by atoms with E-state index in [0.29, 0.717) is 68.0 Å². The van der Waals surface area contributed by atoms with Crippen LogP contribution >= 0.6 is 23.2 Å². The molecule has 0 aliphatic carbocycles. The maximum absolute atomic E-state index is 12.4. The van der Waals surface area contributed by atoms with Gasteiger partial charge >= 0.3 is 0 Å². The summed E-state index contributed by atoms with van der Waals surface area (Å²) < 4.78 is 5.63. The Morgan fingerprint density at radius 2 is 1.70 bits per heavy atom. The molecule has 0 unspecified atom stereocenters. The van der Waals surface area contributed by atoms with E-state index in [9.17, 15) is 9.59 Å². The average Bonchev–Trinajstić information content (AvgIpc) is 2.75. The van der Waals surface area contributed by atoms with Gasteiger partial charge in [0.1, 0.15) is 10.8 Å². The van der Waals surface area contributed by atoms with Crippen LogP contribution in [0.1, 0.15) is 12.8 Å². The third-order valence-corrected chi connectivity index (χ3v) is 5.66. The fourth-order valence-corrected chi connectivity index (χ4v) is 3.59. The van der Waals surface area contributed by atoms with Gasteiger partial charge in [0, 0.05) is 38.3 Å². The number of halogens is 2. The van der Waals surface area contributed by atoms with E-state index in [1.165, 1.54) is 0 Å². The van der Waals surface area contributed by atoms with Crippen molar-refractivity contribution in [2.75, 3.05) is 44.6 Å². The standard InChI is InChI=1S/C22H25Cl2N3O3/c23-18-8-4-9-19(22(18)24)30-15-5-10-21(29)27-13-11-26(12-14-27)16-20(28)25-17-6-2-1-3-7-17/h1-4,6-9H,5,10-16H2,(H,25,28). The summed E-state index contributed by atoms with van der Waals surface area (Å²) in [5, 5.41) is 3.72. The zero-order chi connectivity index (χ0) is 21.3. The number of hydrogen-bond acceptors (Lipinski definition) is 4. The zero-order valence-corrected chi connectivity index (χ0v) is 18.2. The van der Waals surface area contributed by atoms with Gasteiger partial charge in [0.2, 0.25) is 11.8 Å². The summed E-state index contributed by atoms with van der Waals surface area (Å²) in [5.74, 6) is 0.584. The van der Waals surface area contributed by atoms with Crippen LogP contribution in [0.4, 0.5) is 5.69 Å². The van der Waals surface area contributed by atoms with Crippen LogP contribution in [-0.4, -0.2) is 60.9 Å². The Morgan fingerprint density at radius 3 is 2.43 bits per heavy atom. The number of nitrogens with zero attached hydrogens (tertiary/aromatic N) is 2. The van der Waals surface area contributed by atoms with Gasteiger partial charge in [-0.15, -0.1) is 0 Å². The van der Waals surface area contributed by atoms with E-state index in [2.05, 4.69) is 10.2 Å². The van der Waals surface area contributed by atoms with Crippen molar-refractivity contribution in [1.29, 1.82) is 0 Å². The second-order valence-electron chi connectivity index (χ2n) is 7.08. The van der Waals surface area contributed by atoms with Crippen LogP contribution in [0.25, 0.3) is 0 Å². The minimum atomic E-state index is -0.0437. The number of nitrogens with one attached hydrogen (secondary N) is 1. The van der Waals surface area contributed by atoms with Crippen molar-refractivity contribution in [1.82, 2.24) is 9.80 Å². The summed E-state index contributed by atoms with van der Waals surface area (Å²) >= 11 is 12.0. The number of carbonyl (C=O) groups is 2. The molecule has 2 aromatic rings. The average molecular weight is 450 g/mol. The summed E-state index contributed by atoms with van der Waals surface area (Å²) in [7, 11) is 0. The van der Waals surface area contributed by atoms with Crippen LogP contribution in [-0.2, 0) is 9.59 Å². The first-order valence-corrected chi connectivity index (χ1v) is 10.7. The summed E-state index contributed by atoms with van der Waals surface area (Å²) in [4.78, 5) is 28.5. The summed E-state index contributed by atoms with van der Waals surface area (Å²) in [5.41, 5.74) is 0.789. The van der Waals surface area contributed by atoms with Crippen LogP contribution in [0.3, 0.4) is 0 Å². The largest absolute Gasteiger partial charge is 0.492 e. The van der Waals surface area contributed by atoms with Crippen molar-refractivity contribution < 1.29 is 14.3 Å². The van der Waals surface area contributed by atoms with E-state index in [-0.39, 0.29) is 11.8 Å². The van der Waals surface area contributed by atoms with E-state index in [0.717, 1.165) is 5.69 Å². The van der Waals surface area contributed by atoms with Gasteiger partial charge in [-0.3, -0.25) is 14.5 Å². The van der Waals surface area contributed by atoms with Crippen molar-refractivity contribution in [3.05, 3.63) is 58.6 Å². The molecule has 1 aliphatic rings. The van der Waals surface area contributed by atoms with Crippen LogP contribution < -0.4 is 10.1 Å². The number of anilines is 1. The highest BCUT2D eigenvalue weighted by Gasteiger charge is 2.22. The van der Waals surface area contributed by atoms with Gasteiger partial charge in [0.25, 0.3) is 0 Å². The van der Waals surface area contributed by atoms with Crippen molar-refractivity contribution in [2.45, 2.75) is 12.8 Å². The number of rotatable bonds is 8. The Bertz CT molecular complexity index is 856. The third kappa shape index (κ3) is 6.62. The molecule has 3 rings (SSSR count). The number of ether oxygens (including phenoxy) is 1. The topological polar surface area (TPSA) is 61.9 Å². The van der Waals surface area contributed by atoms with E-state index >= 15 is 0 Å². The molecule has 6 nitrogen and oxygen atoms in total. The lowest BCUT2D eigenvalue weighted by atomic mass is 10.2. The highest BCUT2D eigenvalue weighted by molar-refractivity contribution is 6.42. The van der Waals surface area contributed by atoms with Crippen molar-refractivity contribution >= 4 is 40.7 Å². The Kier molecular flexibility index (Phi) is 8.37. The van der Waals surface area contributed by atoms with E-state index in [1.807, 2.05) is 35.2 Å². The Labute approximate surface area is 186 Å². The second kappa shape index (κ2) is 11.2. The molecular weight excluding hydrogens is 425 g/mol. The van der Waals surface area contributed by atoms with Gasteiger partial charge in [-0.05, 0) is 30.7 Å². The molecule has 160 valence electrons. The molecule has 1 aliphatic heterocycles. The number of amides is 2. The molecule has 0 bridgehead atoms. The molecule has 8 heteroatoms. The third-order valence-electron chi connectivity index (χ3n) is 4.86. The maximum Gasteiger partial charge on any atom is 0.238 e. The lowest BCUT2D eigenvalue weighted by molar-refractivity contribution is -0.133. The number of piperazine rings is 1. The van der Waals surface area contributed by atoms with Crippen LogP contribution in [0.5, 0.6) is 5.75 Å². The lowest BCUT2D eigenvalue weighted by Gasteiger charge is -2.34. The van der Waals surface area contributed by atoms with Gasteiger partial charge in [-0.1, -0.05) is 47.5 Å². The number of carbonyl (C=O) groups excluding carboxylic acids is 2. The van der Waals surface area contributed by atoms with E-state index < -0.39 is 0 Å². The summed E-state index contributed by atoms with van der Waals surface area (Å²) in [6, 6.07) is 14.6. The predicted octanol–water partition coefficient (Wildman–Crippen LogP) is 3.94. The minimum absolute atomic E-state index is 0.0437. The first-order valence-electron chi connectivity index (χ1n) is 9.95. The minimum Gasteiger partial charge on any atom is -0.492 e. The van der Waals surface area contributed by atoms with Crippen molar-refractivity contribution in [3.63, 3.8) is 0 Å². The molecule has 0 spiro atoms. The van der Waals surface area contributed by atoms with Crippen LogP contribution in [0.2, 0.25) is 10.0 Å². The van der Waals surface area contributed by atoms with Gasteiger partial charge in [0.05, 0.1) is 18.2 Å². The number of hydrogen-bond donors (Lipinski definition) is 1. The molecule has 2 amide bonds. The predicted molar refractivity (Wildman–Crippen MR) is 119 cm³/mol. The molecule has 0 radical (unpaired) electrons. The molecule has 1 saturated heterocycles. The second-order valence-corrected chi connectivity index (χ2v) is 7.86. The fourth-order valence-electron chi connectivity index (χ4n) is 3.24. The normalized spacial score (nSPS) is 14.4. The van der Waals surface area contributed by atoms with Crippen LogP contribution in [0.15, 0.2) is 48.5 Å². The fraction of sp³-hybridized carbons (Fsp3) is 0.364. The Morgan fingerprint density at radius 1 is 0.967 bits per heavy atom. The van der Waals surface area contributed by atoms with Crippen LogP contribution in [0, 0.1) is 0 Å². The van der Waals surface area contributed by atoms with Crippen molar-refractivity contribution in [2.24, 2.45) is 0 Å². The Balaban J connectivity index is 1.33. The van der Waals surface area contributed by atoms with Gasteiger partial charge < -0.3 is 15.0 Å². The lowest BCUT2D eigenvalue weighted by Crippen LogP contribution is -2.50. The molecular formula is C22H25Cl2N3O3. The quantitative estimate of drug-likeness (QED) is 0.620. The molecule has 0 saturated carbocycles. The smallest absolute Gasteiger partial charge is 0.238 e. The number of para-hydroxylation sites is 1. The highest BCUT2D eigenvalue weighted by atomic mass is 35.5. The van der Waals surface area contributed by atoms with Gasteiger partial charge in [0.15, 0.2) is 0 Å². The SMILES string of the molecule is O=C(CN1CCN(C(=O)CCCOc2cccc(Cl)c2Cl)CC1)Nc1ccccc1. The monoisotopic (exact) mass is 449 g/mol. The highest BCUT2D eigenvalue weighted by Crippen LogP contribution is 2.31. The van der Waals surface area contributed by atoms with Gasteiger partial charge in [-0.2, -0.15) is 0 Å². The molecule has 0 aromatic heterocycles. The van der Waals surface area contributed by atoms with Gasteiger partial charge in [-0.25, -0.2) is 0 Å². The summed E-state index contributed by atoms with van der Waals surface area (Å²) in [6.45, 7) is 3.33. The summed E-state index contributed by atoms with van der Waals surface area (Å²) in [6.07, 6.45) is 1.01. The molecule has 1 fully saturated rings. The molecule has 1 heterocycles. The molecule has 1 N–H and O–H groups in total. The van der Waals surface area contributed by atoms with E-state index in [1.54, 1.807) is 18.2 Å². The maximum atomic E-state index is 12.4.